The number of anilines is 1. The Kier molecular flexibility index (Phi) is 3.44. The number of fused-ring (bicyclic) bond motifs is 1. The molecule has 0 radical (unpaired) electrons. The van der Waals surface area contributed by atoms with Crippen molar-refractivity contribution in [2.45, 2.75) is 62.5 Å². The maximum Gasteiger partial charge on any atom is 0.255 e. The third kappa shape index (κ3) is 2.57. The first-order valence-corrected chi connectivity index (χ1v) is 10.8. The summed E-state index contributed by atoms with van der Waals surface area (Å²) in [4.78, 5) is 15.7. The molecule has 0 aromatic carbocycles. The normalized spacial score (nSPS) is 36.4. The van der Waals surface area contributed by atoms with E-state index in [1.54, 1.807) is 10.7 Å². The van der Waals surface area contributed by atoms with Gasteiger partial charge in [-0.05, 0) is 75.3 Å². The van der Waals surface area contributed by atoms with Crippen molar-refractivity contribution in [3.8, 4) is 0 Å². The van der Waals surface area contributed by atoms with Crippen molar-refractivity contribution in [1.29, 1.82) is 0 Å². The Hall–Kier alpha value is -2.08. The summed E-state index contributed by atoms with van der Waals surface area (Å²) in [5, 5.41) is 18.7. The number of pyridine rings is 1. The highest BCUT2D eigenvalue weighted by molar-refractivity contribution is 6.01. The van der Waals surface area contributed by atoms with Crippen molar-refractivity contribution in [2.24, 2.45) is 11.8 Å². The smallest absolute Gasteiger partial charge is 0.255 e. The molecule has 6 heteroatoms. The summed E-state index contributed by atoms with van der Waals surface area (Å²) in [5.41, 5.74) is 1.87. The van der Waals surface area contributed by atoms with Crippen LogP contribution >= 0.6 is 0 Å². The van der Waals surface area contributed by atoms with E-state index in [2.05, 4.69) is 27.4 Å². The molecule has 7 rings (SSSR count). The molecule has 1 amide bonds. The van der Waals surface area contributed by atoms with Gasteiger partial charge < -0.3 is 15.3 Å². The molecule has 148 valence electrons. The molecule has 4 aliphatic carbocycles. The van der Waals surface area contributed by atoms with E-state index >= 15 is 0 Å². The molecule has 0 spiro atoms. The van der Waals surface area contributed by atoms with Gasteiger partial charge in [-0.3, -0.25) is 4.79 Å². The first-order chi connectivity index (χ1) is 13.5. The molecule has 2 atom stereocenters. The zero-order chi connectivity index (χ0) is 18.9. The van der Waals surface area contributed by atoms with Gasteiger partial charge in [0.15, 0.2) is 0 Å². The molecule has 2 aromatic heterocycles. The summed E-state index contributed by atoms with van der Waals surface area (Å²) >= 11 is 0. The number of aromatic nitrogens is 2. The highest BCUT2D eigenvalue weighted by Gasteiger charge is 2.57. The van der Waals surface area contributed by atoms with Crippen LogP contribution in [0, 0.1) is 11.8 Å². The SMILES string of the molecule is O=C(NC12CC3CC(CC(O)(C3)C1)C2)c1cnn2ccc(N3CCCC3)cc12. The lowest BCUT2D eigenvalue weighted by Gasteiger charge is -2.60. The minimum absolute atomic E-state index is 0.0425. The Bertz CT molecular complexity index is 931. The fraction of sp³-hybridized carbons (Fsp3) is 0.636. The molecule has 2 aromatic rings. The van der Waals surface area contributed by atoms with Crippen molar-refractivity contribution in [3.05, 3.63) is 30.1 Å². The van der Waals surface area contributed by atoms with E-state index in [9.17, 15) is 9.90 Å². The standard InChI is InChI=1S/C22H28N4O2/c27-20(24-21-9-15-7-16(10-21)12-22(28,11-15)14-21)18-13-23-26-6-3-17(8-19(18)26)25-4-1-2-5-25/h3,6,8,13,15-16,28H,1-2,4-5,7,9-12,14H2,(H,24,27). The maximum absolute atomic E-state index is 13.3. The molecule has 2 N–H and O–H groups in total. The molecule has 28 heavy (non-hydrogen) atoms. The van der Waals surface area contributed by atoms with E-state index < -0.39 is 5.60 Å². The van der Waals surface area contributed by atoms with Crippen LogP contribution in [0.5, 0.6) is 0 Å². The molecule has 6 nitrogen and oxygen atoms in total. The van der Waals surface area contributed by atoms with Crippen LogP contribution in [0.25, 0.3) is 5.52 Å². The predicted octanol–water partition coefficient (Wildman–Crippen LogP) is 2.75. The number of nitrogens with one attached hydrogen (secondary N) is 1. The zero-order valence-corrected chi connectivity index (χ0v) is 16.2. The average Bonchev–Trinajstić information content (AvgIpc) is 3.28. The molecule has 3 heterocycles. The lowest BCUT2D eigenvalue weighted by molar-refractivity contribution is -0.139. The van der Waals surface area contributed by atoms with Gasteiger partial charge in [0.25, 0.3) is 5.91 Å². The first kappa shape index (κ1) is 16.8. The highest BCUT2D eigenvalue weighted by atomic mass is 16.3. The first-order valence-electron chi connectivity index (χ1n) is 10.8. The molecule has 4 saturated carbocycles. The largest absolute Gasteiger partial charge is 0.390 e. The van der Waals surface area contributed by atoms with Crippen molar-refractivity contribution < 1.29 is 9.90 Å². The van der Waals surface area contributed by atoms with E-state index in [4.69, 9.17) is 0 Å². The van der Waals surface area contributed by atoms with Crippen LogP contribution in [0.2, 0.25) is 0 Å². The van der Waals surface area contributed by atoms with Crippen molar-refractivity contribution >= 4 is 17.1 Å². The fourth-order valence-corrected chi connectivity index (χ4v) is 6.99. The second kappa shape index (κ2) is 5.72. The van der Waals surface area contributed by atoms with Gasteiger partial charge in [0, 0.05) is 30.5 Å². The summed E-state index contributed by atoms with van der Waals surface area (Å²) in [6, 6.07) is 4.18. The van der Waals surface area contributed by atoms with Gasteiger partial charge in [-0.25, -0.2) is 4.52 Å². The topological polar surface area (TPSA) is 69.9 Å². The second-order valence-corrected chi connectivity index (χ2v) is 9.89. The van der Waals surface area contributed by atoms with Crippen LogP contribution in [0.4, 0.5) is 5.69 Å². The third-order valence-corrected chi connectivity index (χ3v) is 7.63. The highest BCUT2D eigenvalue weighted by Crippen LogP contribution is 2.57. The molecule has 5 aliphatic rings. The summed E-state index contributed by atoms with van der Waals surface area (Å²) in [7, 11) is 0. The Morgan fingerprint density at radius 1 is 1.18 bits per heavy atom. The summed E-state index contributed by atoms with van der Waals surface area (Å²) in [5.74, 6) is 1.06. The quantitative estimate of drug-likeness (QED) is 0.859. The van der Waals surface area contributed by atoms with Crippen LogP contribution in [0.15, 0.2) is 24.5 Å². The number of carbonyl (C=O) groups excluding carboxylic acids is 1. The molecule has 2 unspecified atom stereocenters. The lowest BCUT2D eigenvalue weighted by atomic mass is 9.51. The number of hydrogen-bond donors (Lipinski definition) is 2. The summed E-state index contributed by atoms with van der Waals surface area (Å²) in [6.07, 6.45) is 11.9. The number of amides is 1. The number of rotatable bonds is 3. The van der Waals surface area contributed by atoms with Crippen molar-refractivity contribution in [3.63, 3.8) is 0 Å². The average molecular weight is 380 g/mol. The van der Waals surface area contributed by atoms with Crippen molar-refractivity contribution in [1.82, 2.24) is 14.9 Å². The van der Waals surface area contributed by atoms with E-state index in [1.807, 2.05) is 6.20 Å². The number of hydrogen-bond acceptors (Lipinski definition) is 4. The predicted molar refractivity (Wildman–Crippen MR) is 106 cm³/mol. The molecule has 4 bridgehead atoms. The Labute approximate surface area is 164 Å². The van der Waals surface area contributed by atoms with Crippen LogP contribution in [0.3, 0.4) is 0 Å². The zero-order valence-electron chi connectivity index (χ0n) is 16.2. The number of carbonyl (C=O) groups is 1. The lowest BCUT2D eigenvalue weighted by Crippen LogP contribution is -2.65. The van der Waals surface area contributed by atoms with E-state index in [-0.39, 0.29) is 11.4 Å². The minimum Gasteiger partial charge on any atom is -0.390 e. The van der Waals surface area contributed by atoms with Gasteiger partial charge in [0.05, 0.1) is 22.9 Å². The molecular formula is C22H28N4O2. The van der Waals surface area contributed by atoms with E-state index in [0.717, 1.165) is 44.3 Å². The Morgan fingerprint density at radius 2 is 1.93 bits per heavy atom. The van der Waals surface area contributed by atoms with Crippen LogP contribution < -0.4 is 10.2 Å². The van der Waals surface area contributed by atoms with Crippen molar-refractivity contribution in [2.75, 3.05) is 18.0 Å². The maximum atomic E-state index is 13.3. The summed E-state index contributed by atoms with van der Waals surface area (Å²) in [6.45, 7) is 2.16. The minimum atomic E-state index is -0.568. The van der Waals surface area contributed by atoms with Gasteiger partial charge in [-0.1, -0.05) is 0 Å². The van der Waals surface area contributed by atoms with Gasteiger partial charge in [0.2, 0.25) is 0 Å². The van der Waals surface area contributed by atoms with Gasteiger partial charge >= 0.3 is 0 Å². The fourth-order valence-electron chi connectivity index (χ4n) is 6.99. The van der Waals surface area contributed by atoms with Crippen LogP contribution in [0.1, 0.15) is 61.7 Å². The molecular weight excluding hydrogens is 352 g/mol. The van der Waals surface area contributed by atoms with Gasteiger partial charge in [0.1, 0.15) is 0 Å². The number of aliphatic hydroxyl groups is 1. The molecule has 1 aliphatic heterocycles. The van der Waals surface area contributed by atoms with Gasteiger partial charge in [-0.15, -0.1) is 0 Å². The molecule has 5 fully saturated rings. The monoisotopic (exact) mass is 380 g/mol. The van der Waals surface area contributed by atoms with Gasteiger partial charge in [-0.2, -0.15) is 5.10 Å². The second-order valence-electron chi connectivity index (χ2n) is 9.89. The summed E-state index contributed by atoms with van der Waals surface area (Å²) < 4.78 is 1.79. The van der Waals surface area contributed by atoms with Crippen LogP contribution in [-0.2, 0) is 0 Å². The Balaban J connectivity index is 1.30. The molecule has 1 saturated heterocycles. The third-order valence-electron chi connectivity index (χ3n) is 7.63. The van der Waals surface area contributed by atoms with Crippen LogP contribution in [-0.4, -0.2) is 44.9 Å². The van der Waals surface area contributed by atoms with E-state index in [1.165, 1.54) is 24.9 Å². The van der Waals surface area contributed by atoms with E-state index in [0.29, 0.717) is 23.8 Å². The number of nitrogens with zero attached hydrogens (tertiary/aromatic N) is 3. The Morgan fingerprint density at radius 3 is 2.64 bits per heavy atom.